The molecule has 1 aromatic heterocycles. The monoisotopic (exact) mass is 230 g/mol. The molecule has 0 radical (unpaired) electrons. The van der Waals surface area contributed by atoms with Crippen LogP contribution in [0.25, 0.3) is 10.8 Å². The number of anilines is 1. The average Bonchev–Trinajstić information content (AvgIpc) is 2.36. The number of fused-ring (bicyclic) bond motifs is 1. The first kappa shape index (κ1) is 11.8. The Morgan fingerprint density at radius 2 is 2.18 bits per heavy atom. The number of hydrogen-bond acceptors (Lipinski definition) is 4. The van der Waals surface area contributed by atoms with E-state index in [0.717, 1.165) is 36.0 Å². The van der Waals surface area contributed by atoms with Crippen molar-refractivity contribution in [3.63, 3.8) is 0 Å². The number of nitrogens with zero attached hydrogens (tertiary/aromatic N) is 2. The summed E-state index contributed by atoms with van der Waals surface area (Å²) in [6, 6.07) is 8.23. The van der Waals surface area contributed by atoms with Gasteiger partial charge >= 0.3 is 0 Å². The van der Waals surface area contributed by atoms with Crippen molar-refractivity contribution in [3.05, 3.63) is 30.5 Å². The normalized spacial score (nSPS) is 12.6. The van der Waals surface area contributed by atoms with Crippen molar-refractivity contribution in [2.75, 3.05) is 11.9 Å². The van der Waals surface area contributed by atoms with Gasteiger partial charge in [-0.1, -0.05) is 37.6 Å². The van der Waals surface area contributed by atoms with E-state index in [2.05, 4.69) is 22.4 Å². The van der Waals surface area contributed by atoms with Gasteiger partial charge < -0.3 is 11.1 Å². The van der Waals surface area contributed by atoms with Gasteiger partial charge in [-0.15, -0.1) is 5.10 Å². The van der Waals surface area contributed by atoms with Crippen LogP contribution in [-0.4, -0.2) is 22.8 Å². The van der Waals surface area contributed by atoms with E-state index in [4.69, 9.17) is 5.73 Å². The first-order valence-electron chi connectivity index (χ1n) is 6.01. The highest BCUT2D eigenvalue weighted by Gasteiger charge is 2.05. The molecule has 0 bridgehead atoms. The van der Waals surface area contributed by atoms with Gasteiger partial charge in [-0.05, 0) is 6.42 Å². The quantitative estimate of drug-likeness (QED) is 0.826. The largest absolute Gasteiger partial charge is 0.367 e. The number of benzene rings is 1. The van der Waals surface area contributed by atoms with Crippen LogP contribution in [0, 0.1) is 0 Å². The minimum absolute atomic E-state index is 0.167. The van der Waals surface area contributed by atoms with Crippen molar-refractivity contribution < 1.29 is 0 Å². The molecule has 17 heavy (non-hydrogen) atoms. The summed E-state index contributed by atoms with van der Waals surface area (Å²) in [5, 5.41) is 13.6. The fraction of sp³-hybridized carbons (Fsp3) is 0.385. The molecule has 3 N–H and O–H groups in total. The molecule has 0 aliphatic heterocycles. The van der Waals surface area contributed by atoms with Crippen molar-refractivity contribution in [2.24, 2.45) is 5.73 Å². The maximum atomic E-state index is 5.97. The van der Waals surface area contributed by atoms with Gasteiger partial charge in [0, 0.05) is 23.4 Å². The molecule has 0 saturated carbocycles. The molecule has 4 heteroatoms. The van der Waals surface area contributed by atoms with Crippen LogP contribution in [-0.2, 0) is 0 Å². The Morgan fingerprint density at radius 1 is 1.35 bits per heavy atom. The minimum Gasteiger partial charge on any atom is -0.367 e. The van der Waals surface area contributed by atoms with E-state index in [1.165, 1.54) is 0 Å². The van der Waals surface area contributed by atoms with Crippen LogP contribution in [0.5, 0.6) is 0 Å². The number of hydrogen-bond donors (Lipinski definition) is 2. The van der Waals surface area contributed by atoms with Crippen molar-refractivity contribution in [2.45, 2.75) is 25.8 Å². The van der Waals surface area contributed by atoms with Gasteiger partial charge in [-0.25, -0.2) is 0 Å². The first-order chi connectivity index (χ1) is 8.31. The summed E-state index contributed by atoms with van der Waals surface area (Å²) in [7, 11) is 0. The molecular weight excluding hydrogens is 212 g/mol. The summed E-state index contributed by atoms with van der Waals surface area (Å²) in [5.74, 6) is 0.814. The lowest BCUT2D eigenvalue weighted by Gasteiger charge is -2.12. The third-order valence-corrected chi connectivity index (χ3v) is 2.76. The van der Waals surface area contributed by atoms with Crippen molar-refractivity contribution in [1.29, 1.82) is 0 Å². The highest BCUT2D eigenvalue weighted by Crippen LogP contribution is 2.18. The molecule has 1 atom stereocenters. The van der Waals surface area contributed by atoms with Gasteiger partial charge in [0.15, 0.2) is 5.82 Å². The Balaban J connectivity index is 2.13. The summed E-state index contributed by atoms with van der Waals surface area (Å²) < 4.78 is 0. The minimum atomic E-state index is 0.167. The SMILES string of the molecule is CCCC(N)CNc1nncc2ccccc12. The molecule has 1 heterocycles. The average molecular weight is 230 g/mol. The lowest BCUT2D eigenvalue weighted by molar-refractivity contribution is 0.626. The van der Waals surface area contributed by atoms with E-state index < -0.39 is 0 Å². The second-order valence-corrected chi connectivity index (χ2v) is 4.21. The zero-order valence-corrected chi connectivity index (χ0v) is 10.1. The van der Waals surface area contributed by atoms with Crippen LogP contribution in [0.15, 0.2) is 30.5 Å². The molecule has 0 saturated heterocycles. The van der Waals surface area contributed by atoms with E-state index in [-0.39, 0.29) is 6.04 Å². The summed E-state index contributed by atoms with van der Waals surface area (Å²) >= 11 is 0. The van der Waals surface area contributed by atoms with Gasteiger partial charge in [0.25, 0.3) is 0 Å². The van der Waals surface area contributed by atoms with E-state index in [1.807, 2.05) is 24.3 Å². The fourth-order valence-corrected chi connectivity index (χ4v) is 1.86. The summed E-state index contributed by atoms with van der Waals surface area (Å²) in [4.78, 5) is 0. The Hall–Kier alpha value is -1.68. The van der Waals surface area contributed by atoms with Gasteiger partial charge in [-0.2, -0.15) is 5.10 Å². The molecule has 0 spiro atoms. The fourth-order valence-electron chi connectivity index (χ4n) is 1.86. The molecule has 0 aliphatic carbocycles. The predicted molar refractivity (Wildman–Crippen MR) is 70.9 cm³/mol. The second-order valence-electron chi connectivity index (χ2n) is 4.21. The first-order valence-corrected chi connectivity index (χ1v) is 6.01. The van der Waals surface area contributed by atoms with Gasteiger partial charge in [0.1, 0.15) is 0 Å². The third kappa shape index (κ3) is 2.91. The van der Waals surface area contributed by atoms with E-state index in [1.54, 1.807) is 6.20 Å². The van der Waals surface area contributed by atoms with Gasteiger partial charge in [0.2, 0.25) is 0 Å². The topological polar surface area (TPSA) is 63.8 Å². The van der Waals surface area contributed by atoms with Crippen LogP contribution < -0.4 is 11.1 Å². The molecule has 90 valence electrons. The van der Waals surface area contributed by atoms with Crippen molar-refractivity contribution in [1.82, 2.24) is 10.2 Å². The molecule has 1 aromatic carbocycles. The smallest absolute Gasteiger partial charge is 0.156 e. The van der Waals surface area contributed by atoms with Crippen LogP contribution in [0.4, 0.5) is 5.82 Å². The molecule has 2 rings (SSSR count). The maximum absolute atomic E-state index is 5.97. The van der Waals surface area contributed by atoms with E-state index >= 15 is 0 Å². The maximum Gasteiger partial charge on any atom is 0.156 e. The standard InChI is InChI=1S/C13H18N4/c1-2-5-11(14)9-15-13-12-7-4-3-6-10(12)8-16-17-13/h3-4,6-8,11H,2,5,9,14H2,1H3,(H,15,17). The molecule has 0 fully saturated rings. The Labute approximate surface area is 101 Å². The molecule has 1 unspecified atom stereocenters. The van der Waals surface area contributed by atoms with Crippen molar-refractivity contribution >= 4 is 16.6 Å². The summed E-state index contributed by atoms with van der Waals surface area (Å²) in [5.41, 5.74) is 5.97. The Kier molecular flexibility index (Phi) is 3.88. The molecular formula is C13H18N4. The number of rotatable bonds is 5. The zero-order chi connectivity index (χ0) is 12.1. The Morgan fingerprint density at radius 3 is 3.00 bits per heavy atom. The van der Waals surface area contributed by atoms with E-state index in [9.17, 15) is 0 Å². The molecule has 2 aromatic rings. The molecule has 0 amide bonds. The third-order valence-electron chi connectivity index (χ3n) is 2.76. The highest BCUT2D eigenvalue weighted by molar-refractivity contribution is 5.90. The highest BCUT2D eigenvalue weighted by atomic mass is 15.2. The van der Waals surface area contributed by atoms with Crippen LogP contribution >= 0.6 is 0 Å². The zero-order valence-electron chi connectivity index (χ0n) is 10.1. The van der Waals surface area contributed by atoms with Gasteiger partial charge in [-0.3, -0.25) is 0 Å². The van der Waals surface area contributed by atoms with Crippen molar-refractivity contribution in [3.8, 4) is 0 Å². The number of nitrogens with one attached hydrogen (secondary N) is 1. The van der Waals surface area contributed by atoms with E-state index in [0.29, 0.717) is 0 Å². The summed E-state index contributed by atoms with van der Waals surface area (Å²) in [6.07, 6.45) is 3.89. The van der Waals surface area contributed by atoms with Crippen LogP contribution in [0.1, 0.15) is 19.8 Å². The van der Waals surface area contributed by atoms with Crippen LogP contribution in [0.2, 0.25) is 0 Å². The van der Waals surface area contributed by atoms with Gasteiger partial charge in [0.05, 0.1) is 6.20 Å². The number of nitrogens with two attached hydrogens (primary N) is 1. The molecule has 4 nitrogen and oxygen atoms in total. The number of aromatic nitrogens is 2. The predicted octanol–water partition coefficient (Wildman–Crippen LogP) is 2.17. The van der Waals surface area contributed by atoms with Crippen LogP contribution in [0.3, 0.4) is 0 Å². The Bertz CT molecular complexity index is 478. The summed E-state index contributed by atoms with van der Waals surface area (Å²) in [6.45, 7) is 2.87. The lowest BCUT2D eigenvalue weighted by Crippen LogP contribution is -2.29. The second kappa shape index (κ2) is 5.59. The molecule has 0 aliphatic rings. The lowest BCUT2D eigenvalue weighted by atomic mass is 10.1.